The summed E-state index contributed by atoms with van der Waals surface area (Å²) in [6.07, 6.45) is -0.550. The van der Waals surface area contributed by atoms with Crippen molar-refractivity contribution >= 4 is 27.7 Å². The molecule has 0 radical (unpaired) electrons. The molecule has 1 aliphatic heterocycles. The van der Waals surface area contributed by atoms with Crippen LogP contribution in [0.3, 0.4) is 0 Å². The molecule has 31 heavy (non-hydrogen) atoms. The number of aromatic nitrogens is 1. The van der Waals surface area contributed by atoms with Crippen LogP contribution in [0.4, 0.5) is 4.79 Å². The molecule has 4 rings (SSSR count). The topological polar surface area (TPSA) is 112 Å². The molecule has 0 saturated carbocycles. The number of pyridine rings is 1. The van der Waals surface area contributed by atoms with Crippen molar-refractivity contribution in [1.82, 2.24) is 9.29 Å². The molecule has 2 aromatic carbocycles. The molecule has 1 atom stereocenters. The van der Waals surface area contributed by atoms with E-state index in [1.54, 1.807) is 36.4 Å². The fourth-order valence-electron chi connectivity index (χ4n) is 3.32. The number of carbonyl (C=O) groups is 1. The van der Waals surface area contributed by atoms with Gasteiger partial charge in [0.2, 0.25) is 15.9 Å². The number of sulfonamides is 1. The van der Waals surface area contributed by atoms with Gasteiger partial charge in [0.05, 0.1) is 6.20 Å². The van der Waals surface area contributed by atoms with E-state index in [1.165, 1.54) is 18.3 Å². The van der Waals surface area contributed by atoms with Gasteiger partial charge in [-0.05, 0) is 42.3 Å². The number of nitrogens with two attached hydrogens (primary N) is 1. The van der Waals surface area contributed by atoms with Crippen molar-refractivity contribution in [3.63, 3.8) is 0 Å². The number of ether oxygens (including phenoxy) is 2. The molecule has 1 aliphatic rings. The Morgan fingerprint density at radius 2 is 1.84 bits per heavy atom. The smallest absolute Gasteiger partial charge is 0.406 e. The predicted molar refractivity (Wildman–Crippen MR) is 113 cm³/mol. The maximum atomic E-state index is 13.3. The second kappa shape index (κ2) is 8.54. The third-order valence-electron chi connectivity index (χ3n) is 4.76. The van der Waals surface area contributed by atoms with Gasteiger partial charge >= 0.3 is 6.09 Å². The van der Waals surface area contributed by atoms with Crippen molar-refractivity contribution in [2.24, 2.45) is 5.73 Å². The number of benzene rings is 2. The molecule has 2 heterocycles. The van der Waals surface area contributed by atoms with Gasteiger partial charge in [-0.15, -0.1) is 0 Å². The fraction of sp³-hybridized carbons (Fsp3) is 0.143. The lowest BCUT2D eigenvalue weighted by atomic mass is 10.00. The number of carbonyl (C=O) groups excluding carboxylic acids is 1. The fourth-order valence-corrected chi connectivity index (χ4v) is 4.89. The second-order valence-corrected chi connectivity index (χ2v) is 9.07. The maximum absolute atomic E-state index is 13.3. The van der Waals surface area contributed by atoms with Gasteiger partial charge in [0.15, 0.2) is 6.23 Å². The summed E-state index contributed by atoms with van der Waals surface area (Å²) in [4.78, 5) is 15.5. The summed E-state index contributed by atoms with van der Waals surface area (Å²) in [6, 6.07) is 16.7. The molecule has 0 bridgehead atoms. The van der Waals surface area contributed by atoms with Crippen LogP contribution in [-0.4, -0.2) is 30.3 Å². The molecule has 1 amide bonds. The number of halogens is 1. The van der Waals surface area contributed by atoms with Crippen LogP contribution in [0.15, 0.2) is 71.8 Å². The molecule has 0 fully saturated rings. The molecule has 0 aliphatic carbocycles. The monoisotopic (exact) mass is 459 g/mol. The number of amides is 1. The Morgan fingerprint density at radius 3 is 2.52 bits per heavy atom. The lowest BCUT2D eigenvalue weighted by Crippen LogP contribution is -2.42. The Balaban J connectivity index is 1.61. The SMILES string of the molecule is NC(=O)OC1c2ccccc2CCN1S(=O)(=O)c1ccc(Oc2ccc(Cl)cc2)nc1. The molecule has 0 saturated heterocycles. The zero-order chi connectivity index (χ0) is 22.0. The Morgan fingerprint density at radius 1 is 1.10 bits per heavy atom. The summed E-state index contributed by atoms with van der Waals surface area (Å²) in [7, 11) is -4.03. The van der Waals surface area contributed by atoms with Crippen LogP contribution in [0.1, 0.15) is 17.4 Å². The number of primary amides is 1. The Kier molecular flexibility index (Phi) is 5.81. The van der Waals surface area contributed by atoms with Crippen molar-refractivity contribution in [1.29, 1.82) is 0 Å². The first kappa shape index (κ1) is 21.1. The lowest BCUT2D eigenvalue weighted by Gasteiger charge is -2.34. The highest BCUT2D eigenvalue weighted by molar-refractivity contribution is 7.89. The highest BCUT2D eigenvalue weighted by atomic mass is 35.5. The van der Waals surface area contributed by atoms with Crippen molar-refractivity contribution in [3.8, 4) is 11.6 Å². The molecule has 1 aromatic heterocycles. The average molecular weight is 460 g/mol. The van der Waals surface area contributed by atoms with E-state index in [4.69, 9.17) is 26.8 Å². The summed E-state index contributed by atoms with van der Waals surface area (Å²) >= 11 is 5.85. The first-order valence-electron chi connectivity index (χ1n) is 9.30. The van der Waals surface area contributed by atoms with Gasteiger partial charge in [-0.2, -0.15) is 4.31 Å². The summed E-state index contributed by atoms with van der Waals surface area (Å²) < 4.78 is 38.5. The standard InChI is InChI=1S/C21H18ClN3O5S/c22-15-5-7-16(8-6-15)29-19-10-9-17(13-24-19)31(27,28)25-12-11-14-3-1-2-4-18(14)20(25)30-21(23)26/h1-10,13,20H,11-12H2,(H2,23,26). The van der Waals surface area contributed by atoms with Crippen LogP contribution in [0.5, 0.6) is 11.6 Å². The maximum Gasteiger partial charge on any atom is 0.406 e. The van der Waals surface area contributed by atoms with Crippen LogP contribution < -0.4 is 10.5 Å². The first-order chi connectivity index (χ1) is 14.8. The molecular formula is C21H18ClN3O5S. The van der Waals surface area contributed by atoms with E-state index in [2.05, 4.69) is 4.98 Å². The van der Waals surface area contributed by atoms with Gasteiger partial charge in [0.25, 0.3) is 0 Å². The minimum absolute atomic E-state index is 0.0617. The van der Waals surface area contributed by atoms with Gasteiger partial charge in [-0.3, -0.25) is 0 Å². The number of hydrogen-bond acceptors (Lipinski definition) is 6. The molecular weight excluding hydrogens is 442 g/mol. The summed E-state index contributed by atoms with van der Waals surface area (Å²) in [5, 5.41) is 0.567. The number of fused-ring (bicyclic) bond motifs is 1. The van der Waals surface area contributed by atoms with Crippen LogP contribution in [-0.2, 0) is 21.2 Å². The molecule has 10 heteroatoms. The molecule has 3 aromatic rings. The van der Waals surface area contributed by atoms with Gasteiger partial charge in [-0.1, -0.05) is 35.9 Å². The Labute approximate surface area is 184 Å². The predicted octanol–water partition coefficient (Wildman–Crippen LogP) is 3.87. The zero-order valence-electron chi connectivity index (χ0n) is 16.1. The van der Waals surface area contributed by atoms with E-state index >= 15 is 0 Å². The average Bonchev–Trinajstić information content (AvgIpc) is 2.75. The number of hydrogen-bond donors (Lipinski definition) is 1. The van der Waals surface area contributed by atoms with E-state index < -0.39 is 22.3 Å². The van der Waals surface area contributed by atoms with Gasteiger partial charge in [0, 0.05) is 23.2 Å². The van der Waals surface area contributed by atoms with Gasteiger partial charge < -0.3 is 15.2 Å². The Hall–Kier alpha value is -3.14. The quantitative estimate of drug-likeness (QED) is 0.619. The molecule has 0 spiro atoms. The van der Waals surface area contributed by atoms with Crippen LogP contribution in [0.25, 0.3) is 0 Å². The van der Waals surface area contributed by atoms with Crippen molar-refractivity contribution < 1.29 is 22.7 Å². The van der Waals surface area contributed by atoms with Crippen LogP contribution in [0, 0.1) is 0 Å². The second-order valence-electron chi connectivity index (χ2n) is 6.74. The van der Waals surface area contributed by atoms with Crippen LogP contribution >= 0.6 is 11.6 Å². The highest BCUT2D eigenvalue weighted by Gasteiger charge is 2.38. The third kappa shape index (κ3) is 4.48. The van der Waals surface area contributed by atoms with E-state index in [0.717, 1.165) is 9.87 Å². The summed E-state index contributed by atoms with van der Waals surface area (Å²) in [6.45, 7) is 0.125. The van der Waals surface area contributed by atoms with E-state index in [0.29, 0.717) is 22.8 Å². The Bertz CT molecular complexity index is 1200. The van der Waals surface area contributed by atoms with Crippen molar-refractivity contribution in [2.45, 2.75) is 17.5 Å². The minimum atomic E-state index is -4.03. The minimum Gasteiger partial charge on any atom is -0.439 e. The van der Waals surface area contributed by atoms with Gasteiger partial charge in [0.1, 0.15) is 10.6 Å². The summed E-state index contributed by atoms with van der Waals surface area (Å²) in [5.74, 6) is 0.727. The van der Waals surface area contributed by atoms with E-state index in [1.807, 2.05) is 12.1 Å². The molecule has 1 unspecified atom stereocenters. The van der Waals surface area contributed by atoms with Crippen LogP contribution in [0.2, 0.25) is 5.02 Å². The largest absolute Gasteiger partial charge is 0.439 e. The van der Waals surface area contributed by atoms with Crippen molar-refractivity contribution in [2.75, 3.05) is 6.54 Å². The third-order valence-corrected chi connectivity index (χ3v) is 6.84. The summed E-state index contributed by atoms with van der Waals surface area (Å²) in [5.41, 5.74) is 6.68. The molecule has 2 N–H and O–H groups in total. The molecule has 160 valence electrons. The zero-order valence-corrected chi connectivity index (χ0v) is 17.7. The van der Waals surface area contributed by atoms with E-state index in [9.17, 15) is 13.2 Å². The number of nitrogens with zero attached hydrogens (tertiary/aromatic N) is 2. The number of rotatable bonds is 5. The normalized spacial score (nSPS) is 16.4. The van der Waals surface area contributed by atoms with Gasteiger partial charge in [-0.25, -0.2) is 18.2 Å². The first-order valence-corrected chi connectivity index (χ1v) is 11.1. The lowest BCUT2D eigenvalue weighted by molar-refractivity contribution is 0.0295. The van der Waals surface area contributed by atoms with E-state index in [-0.39, 0.29) is 17.3 Å². The van der Waals surface area contributed by atoms with Crippen molar-refractivity contribution in [3.05, 3.63) is 83.0 Å². The highest BCUT2D eigenvalue weighted by Crippen LogP contribution is 2.35. The molecule has 8 nitrogen and oxygen atoms in total.